The molecule has 0 saturated heterocycles. The second kappa shape index (κ2) is 3.70. The Morgan fingerprint density at radius 3 is 2.87 bits per heavy atom. The van der Waals surface area contributed by atoms with E-state index in [-0.39, 0.29) is 5.84 Å². The summed E-state index contributed by atoms with van der Waals surface area (Å²) in [6.07, 6.45) is 2.93. The van der Waals surface area contributed by atoms with Crippen LogP contribution >= 0.6 is 11.6 Å². The number of hydrogen-bond donors (Lipinski definition) is 2. The van der Waals surface area contributed by atoms with Gasteiger partial charge in [-0.25, -0.2) is 9.67 Å². The number of nitrogens with zero attached hydrogens (tertiary/aromatic N) is 3. The van der Waals surface area contributed by atoms with E-state index >= 15 is 0 Å². The highest BCUT2D eigenvalue weighted by atomic mass is 35.5. The SMILES string of the molecule is N=C(N)c1c(Cl)cccc1-n1cncn1. The normalized spacial score (nSPS) is 10.2. The Balaban J connectivity index is 2.66. The van der Waals surface area contributed by atoms with Gasteiger partial charge in [0.25, 0.3) is 0 Å². The van der Waals surface area contributed by atoms with E-state index in [2.05, 4.69) is 10.1 Å². The van der Waals surface area contributed by atoms with Gasteiger partial charge in [-0.15, -0.1) is 0 Å². The van der Waals surface area contributed by atoms with Crippen molar-refractivity contribution in [2.24, 2.45) is 5.73 Å². The van der Waals surface area contributed by atoms with Crippen molar-refractivity contribution in [3.05, 3.63) is 41.4 Å². The lowest BCUT2D eigenvalue weighted by Crippen LogP contribution is -2.15. The van der Waals surface area contributed by atoms with Crippen molar-refractivity contribution >= 4 is 17.4 Å². The third-order valence-electron chi connectivity index (χ3n) is 1.93. The molecule has 0 bridgehead atoms. The van der Waals surface area contributed by atoms with Crippen molar-refractivity contribution in [3.63, 3.8) is 0 Å². The van der Waals surface area contributed by atoms with Crippen molar-refractivity contribution in [2.75, 3.05) is 0 Å². The van der Waals surface area contributed by atoms with Gasteiger partial charge in [-0.3, -0.25) is 5.41 Å². The number of nitrogens with two attached hydrogens (primary N) is 1. The van der Waals surface area contributed by atoms with Gasteiger partial charge in [-0.2, -0.15) is 5.10 Å². The summed E-state index contributed by atoms with van der Waals surface area (Å²) in [5, 5.41) is 11.8. The van der Waals surface area contributed by atoms with Gasteiger partial charge in [0.15, 0.2) is 0 Å². The molecule has 0 atom stereocenters. The summed E-state index contributed by atoms with van der Waals surface area (Å²) in [6, 6.07) is 5.22. The number of benzene rings is 1. The Bertz CT molecular complexity index is 491. The van der Waals surface area contributed by atoms with Crippen molar-refractivity contribution in [1.29, 1.82) is 5.41 Å². The van der Waals surface area contributed by atoms with E-state index in [0.717, 1.165) is 0 Å². The van der Waals surface area contributed by atoms with Gasteiger partial charge in [0, 0.05) is 0 Å². The second-order valence-corrected chi connectivity index (χ2v) is 3.29. The zero-order valence-electron chi connectivity index (χ0n) is 7.68. The Morgan fingerprint density at radius 2 is 2.27 bits per heavy atom. The molecule has 0 unspecified atom stereocenters. The van der Waals surface area contributed by atoms with Crippen molar-refractivity contribution in [3.8, 4) is 5.69 Å². The Labute approximate surface area is 91.0 Å². The maximum Gasteiger partial charge on any atom is 0.138 e. The lowest BCUT2D eigenvalue weighted by molar-refractivity contribution is 0.876. The van der Waals surface area contributed by atoms with Gasteiger partial charge in [-0.1, -0.05) is 17.7 Å². The third-order valence-corrected chi connectivity index (χ3v) is 2.24. The summed E-state index contributed by atoms with van der Waals surface area (Å²) in [6.45, 7) is 0. The van der Waals surface area contributed by atoms with E-state index in [1.807, 2.05) is 0 Å². The molecule has 0 fully saturated rings. The monoisotopic (exact) mass is 221 g/mol. The predicted octanol–water partition coefficient (Wildman–Crippen LogP) is 1.20. The van der Waals surface area contributed by atoms with Crippen molar-refractivity contribution < 1.29 is 0 Å². The Morgan fingerprint density at radius 1 is 1.47 bits per heavy atom. The molecule has 1 aromatic carbocycles. The molecular weight excluding hydrogens is 214 g/mol. The van der Waals surface area contributed by atoms with Gasteiger partial charge < -0.3 is 5.73 Å². The molecule has 0 amide bonds. The molecule has 1 aromatic heterocycles. The Kier molecular flexibility index (Phi) is 2.39. The highest BCUT2D eigenvalue weighted by molar-refractivity contribution is 6.34. The number of hydrogen-bond acceptors (Lipinski definition) is 3. The van der Waals surface area contributed by atoms with Crippen LogP contribution in [0.15, 0.2) is 30.9 Å². The smallest absolute Gasteiger partial charge is 0.138 e. The molecular formula is C9H8ClN5. The lowest BCUT2D eigenvalue weighted by atomic mass is 10.1. The van der Waals surface area contributed by atoms with Gasteiger partial charge in [0.05, 0.1) is 16.3 Å². The molecule has 0 aliphatic carbocycles. The molecule has 76 valence electrons. The summed E-state index contributed by atoms with van der Waals surface area (Å²) in [5.74, 6) is -0.0916. The fourth-order valence-corrected chi connectivity index (χ4v) is 1.57. The number of nitrogens with one attached hydrogen (secondary N) is 1. The molecule has 2 rings (SSSR count). The zero-order chi connectivity index (χ0) is 10.8. The van der Waals surface area contributed by atoms with E-state index < -0.39 is 0 Å². The molecule has 0 radical (unpaired) electrons. The Hall–Kier alpha value is -1.88. The summed E-state index contributed by atoms with van der Waals surface area (Å²) in [4.78, 5) is 3.83. The lowest BCUT2D eigenvalue weighted by Gasteiger charge is -2.08. The van der Waals surface area contributed by atoms with Gasteiger partial charge in [0.1, 0.15) is 18.5 Å². The van der Waals surface area contributed by atoms with Gasteiger partial charge in [-0.05, 0) is 12.1 Å². The molecule has 5 nitrogen and oxygen atoms in total. The molecule has 2 aromatic rings. The van der Waals surface area contributed by atoms with Crippen LogP contribution in [0.5, 0.6) is 0 Å². The molecule has 0 aliphatic heterocycles. The first-order valence-electron chi connectivity index (χ1n) is 4.18. The summed E-state index contributed by atoms with van der Waals surface area (Å²) < 4.78 is 1.52. The standard InChI is InChI=1S/C9H8ClN5/c10-6-2-1-3-7(8(6)9(11)12)15-5-13-4-14-15/h1-5H,(H3,11,12). The van der Waals surface area contributed by atoms with E-state index in [1.165, 1.54) is 17.3 Å². The zero-order valence-corrected chi connectivity index (χ0v) is 8.44. The molecule has 0 spiro atoms. The minimum atomic E-state index is -0.0916. The molecule has 0 saturated carbocycles. The molecule has 6 heteroatoms. The maximum atomic E-state index is 7.45. The van der Waals surface area contributed by atoms with Crippen LogP contribution in [0.2, 0.25) is 5.02 Å². The number of aromatic nitrogens is 3. The fourth-order valence-electron chi connectivity index (χ4n) is 1.30. The van der Waals surface area contributed by atoms with Crippen LogP contribution in [0.3, 0.4) is 0 Å². The topological polar surface area (TPSA) is 80.6 Å². The van der Waals surface area contributed by atoms with Crippen LogP contribution in [0, 0.1) is 5.41 Å². The number of halogens is 1. The van der Waals surface area contributed by atoms with Crippen LogP contribution in [-0.2, 0) is 0 Å². The maximum absolute atomic E-state index is 7.45. The van der Waals surface area contributed by atoms with E-state index in [9.17, 15) is 0 Å². The van der Waals surface area contributed by atoms with E-state index in [4.69, 9.17) is 22.7 Å². The number of nitrogen functional groups attached to an aromatic ring is 1. The minimum absolute atomic E-state index is 0.0916. The summed E-state index contributed by atoms with van der Waals surface area (Å²) in [5.41, 5.74) is 6.57. The van der Waals surface area contributed by atoms with E-state index in [0.29, 0.717) is 16.3 Å². The first-order chi connectivity index (χ1) is 7.20. The van der Waals surface area contributed by atoms with Crippen molar-refractivity contribution in [1.82, 2.24) is 14.8 Å². The molecule has 1 heterocycles. The van der Waals surface area contributed by atoms with Crippen LogP contribution in [0.4, 0.5) is 0 Å². The number of rotatable bonds is 2. The molecule has 3 N–H and O–H groups in total. The highest BCUT2D eigenvalue weighted by Crippen LogP contribution is 2.21. The molecule has 15 heavy (non-hydrogen) atoms. The van der Waals surface area contributed by atoms with Gasteiger partial charge in [0.2, 0.25) is 0 Å². The fraction of sp³-hybridized carbons (Fsp3) is 0. The van der Waals surface area contributed by atoms with Gasteiger partial charge >= 0.3 is 0 Å². The van der Waals surface area contributed by atoms with Crippen molar-refractivity contribution in [2.45, 2.75) is 0 Å². The van der Waals surface area contributed by atoms with E-state index in [1.54, 1.807) is 18.2 Å². The summed E-state index contributed by atoms with van der Waals surface area (Å²) >= 11 is 5.96. The molecule has 0 aliphatic rings. The summed E-state index contributed by atoms with van der Waals surface area (Å²) in [7, 11) is 0. The highest BCUT2D eigenvalue weighted by Gasteiger charge is 2.11. The van der Waals surface area contributed by atoms with Crippen LogP contribution < -0.4 is 5.73 Å². The number of amidine groups is 1. The largest absolute Gasteiger partial charge is 0.384 e. The average Bonchev–Trinajstić information content (AvgIpc) is 2.69. The first-order valence-corrected chi connectivity index (χ1v) is 4.56. The van der Waals surface area contributed by atoms with Crippen LogP contribution in [-0.4, -0.2) is 20.6 Å². The van der Waals surface area contributed by atoms with Crippen LogP contribution in [0.1, 0.15) is 5.56 Å². The second-order valence-electron chi connectivity index (χ2n) is 2.89. The third kappa shape index (κ3) is 1.69. The minimum Gasteiger partial charge on any atom is -0.384 e. The van der Waals surface area contributed by atoms with Crippen LogP contribution in [0.25, 0.3) is 5.69 Å². The quantitative estimate of drug-likeness (QED) is 0.591. The first kappa shape index (κ1) is 9.67. The predicted molar refractivity (Wildman–Crippen MR) is 57.4 cm³/mol. The average molecular weight is 222 g/mol.